The highest BCUT2D eigenvalue weighted by Crippen LogP contribution is 2.38. The standard InChI is InChI=1S/C32H40N4O6/c1-36(18-16-26-8-4-5-17-33-26)21-28-20-29(24-14-12-23(22-37)13-15-24)42-32(41-28)25-7-6-9-27(19-25)34-30(38)10-2-3-11-31(39)35-40/h4-9,12-15,17,19,28-29,32,37,40H,2-3,10-11,16,18,20-22H2,1H3,(H,34,38)(H,35,39). The van der Waals surface area contributed by atoms with Crippen LogP contribution in [0.4, 0.5) is 5.69 Å². The third kappa shape index (κ3) is 9.71. The van der Waals surface area contributed by atoms with Gasteiger partial charge in [-0.2, -0.15) is 0 Å². The second-order valence-electron chi connectivity index (χ2n) is 10.6. The first kappa shape index (κ1) is 31.3. The molecule has 2 aromatic carbocycles. The molecule has 0 spiro atoms. The van der Waals surface area contributed by atoms with Gasteiger partial charge in [-0.3, -0.25) is 19.8 Å². The maximum atomic E-state index is 12.5. The van der Waals surface area contributed by atoms with E-state index in [1.807, 2.05) is 72.9 Å². The van der Waals surface area contributed by atoms with Crippen LogP contribution in [0.5, 0.6) is 0 Å². The smallest absolute Gasteiger partial charge is 0.243 e. The Labute approximate surface area is 246 Å². The molecular formula is C32H40N4O6. The number of carbonyl (C=O) groups is 2. The minimum Gasteiger partial charge on any atom is -0.392 e. The Hall–Kier alpha value is -3.67. The zero-order valence-corrected chi connectivity index (χ0v) is 23.9. The maximum Gasteiger partial charge on any atom is 0.243 e. The van der Waals surface area contributed by atoms with E-state index in [1.165, 1.54) is 0 Å². The fourth-order valence-electron chi connectivity index (χ4n) is 4.94. The quantitative estimate of drug-likeness (QED) is 0.127. The first-order valence-corrected chi connectivity index (χ1v) is 14.4. The minimum atomic E-state index is -0.635. The molecule has 1 fully saturated rings. The zero-order valence-electron chi connectivity index (χ0n) is 23.9. The van der Waals surface area contributed by atoms with Crippen molar-refractivity contribution < 1.29 is 29.4 Å². The number of hydrogen-bond acceptors (Lipinski definition) is 8. The predicted molar refractivity (Wildman–Crippen MR) is 157 cm³/mol. The van der Waals surface area contributed by atoms with Crippen LogP contribution in [-0.4, -0.2) is 58.3 Å². The summed E-state index contributed by atoms with van der Waals surface area (Å²) in [5.41, 5.74) is 5.93. The number of benzene rings is 2. The van der Waals surface area contributed by atoms with Gasteiger partial charge in [0.1, 0.15) is 0 Å². The number of carbonyl (C=O) groups excluding carboxylic acids is 2. The van der Waals surface area contributed by atoms with Crippen molar-refractivity contribution in [1.82, 2.24) is 15.4 Å². The van der Waals surface area contributed by atoms with Crippen molar-refractivity contribution in [3.63, 3.8) is 0 Å². The van der Waals surface area contributed by atoms with Crippen molar-refractivity contribution in [1.29, 1.82) is 0 Å². The molecule has 0 saturated carbocycles. The van der Waals surface area contributed by atoms with Crippen molar-refractivity contribution in [2.75, 3.05) is 25.5 Å². The van der Waals surface area contributed by atoms with Crippen LogP contribution in [0.25, 0.3) is 0 Å². The van der Waals surface area contributed by atoms with Gasteiger partial charge in [0, 0.05) is 61.9 Å². The van der Waals surface area contributed by atoms with E-state index in [0.717, 1.165) is 35.3 Å². The van der Waals surface area contributed by atoms with Crippen LogP contribution in [0.1, 0.15) is 66.9 Å². The molecule has 10 heteroatoms. The van der Waals surface area contributed by atoms with Crippen LogP contribution in [0.3, 0.4) is 0 Å². The average Bonchev–Trinajstić information content (AvgIpc) is 3.02. The summed E-state index contributed by atoms with van der Waals surface area (Å²) < 4.78 is 12.9. The zero-order chi connectivity index (χ0) is 29.7. The summed E-state index contributed by atoms with van der Waals surface area (Å²) in [5.74, 6) is -0.618. The molecule has 1 aromatic heterocycles. The Morgan fingerprint density at radius 2 is 1.76 bits per heavy atom. The van der Waals surface area contributed by atoms with Gasteiger partial charge in [0.05, 0.1) is 18.8 Å². The molecule has 1 aliphatic rings. The average molecular weight is 577 g/mol. The van der Waals surface area contributed by atoms with Crippen molar-refractivity contribution in [3.05, 3.63) is 95.3 Å². The molecule has 3 unspecified atom stereocenters. The number of unbranched alkanes of at least 4 members (excludes halogenated alkanes) is 1. The molecule has 2 amide bonds. The summed E-state index contributed by atoms with van der Waals surface area (Å²) >= 11 is 0. The van der Waals surface area contributed by atoms with Crippen LogP contribution < -0.4 is 10.8 Å². The Kier molecular flexibility index (Phi) is 12.0. The molecule has 10 nitrogen and oxygen atoms in total. The van der Waals surface area contributed by atoms with Gasteiger partial charge in [-0.1, -0.05) is 42.5 Å². The first-order chi connectivity index (χ1) is 20.4. The molecule has 0 bridgehead atoms. The van der Waals surface area contributed by atoms with E-state index in [1.54, 1.807) is 5.48 Å². The summed E-state index contributed by atoms with van der Waals surface area (Å²) in [6.07, 6.45) is 3.84. The Morgan fingerprint density at radius 3 is 2.48 bits per heavy atom. The van der Waals surface area contributed by atoms with Gasteiger partial charge >= 0.3 is 0 Å². The van der Waals surface area contributed by atoms with E-state index in [4.69, 9.17) is 14.7 Å². The summed E-state index contributed by atoms with van der Waals surface area (Å²) in [6.45, 7) is 1.53. The molecule has 42 heavy (non-hydrogen) atoms. The maximum absolute atomic E-state index is 12.5. The molecule has 4 rings (SSSR count). The summed E-state index contributed by atoms with van der Waals surface area (Å²) in [5, 5.41) is 21.0. The largest absolute Gasteiger partial charge is 0.392 e. The predicted octanol–water partition coefficient (Wildman–Crippen LogP) is 4.30. The lowest BCUT2D eigenvalue weighted by Gasteiger charge is -2.38. The van der Waals surface area contributed by atoms with Crippen LogP contribution in [-0.2, 0) is 32.1 Å². The second-order valence-corrected chi connectivity index (χ2v) is 10.6. The lowest BCUT2D eigenvalue weighted by atomic mass is 9.99. The van der Waals surface area contributed by atoms with E-state index in [-0.39, 0.29) is 37.6 Å². The minimum absolute atomic E-state index is 0.0161. The van der Waals surface area contributed by atoms with Gasteiger partial charge in [0.25, 0.3) is 0 Å². The van der Waals surface area contributed by atoms with Crippen LogP contribution in [0.15, 0.2) is 72.9 Å². The number of nitrogens with one attached hydrogen (secondary N) is 2. The van der Waals surface area contributed by atoms with Gasteiger partial charge < -0.3 is 24.8 Å². The summed E-state index contributed by atoms with van der Waals surface area (Å²) in [6, 6.07) is 21.2. The highest BCUT2D eigenvalue weighted by Gasteiger charge is 2.33. The Balaban J connectivity index is 1.41. The van der Waals surface area contributed by atoms with Gasteiger partial charge in [0.15, 0.2) is 6.29 Å². The topological polar surface area (TPSA) is 133 Å². The van der Waals surface area contributed by atoms with Gasteiger partial charge in [-0.15, -0.1) is 0 Å². The number of hydrogen-bond donors (Lipinski definition) is 4. The van der Waals surface area contributed by atoms with Crippen molar-refractivity contribution in [2.24, 2.45) is 0 Å². The lowest BCUT2D eigenvalue weighted by molar-refractivity contribution is -0.252. The number of pyridine rings is 1. The number of aliphatic hydroxyl groups is 1. The number of likely N-dealkylation sites (N-methyl/N-ethyl adjacent to an activating group) is 1. The van der Waals surface area contributed by atoms with Gasteiger partial charge in [0.2, 0.25) is 11.8 Å². The molecule has 0 radical (unpaired) electrons. The van der Waals surface area contributed by atoms with E-state index < -0.39 is 12.2 Å². The summed E-state index contributed by atoms with van der Waals surface area (Å²) in [4.78, 5) is 30.3. The molecule has 2 heterocycles. The number of nitrogens with zero attached hydrogens (tertiary/aromatic N) is 2. The molecule has 224 valence electrons. The lowest BCUT2D eigenvalue weighted by Crippen LogP contribution is -2.38. The Bertz CT molecular complexity index is 1270. The van der Waals surface area contributed by atoms with E-state index >= 15 is 0 Å². The van der Waals surface area contributed by atoms with Crippen molar-refractivity contribution in [2.45, 2.75) is 63.6 Å². The number of aromatic nitrogens is 1. The Morgan fingerprint density at radius 1 is 0.976 bits per heavy atom. The van der Waals surface area contributed by atoms with Crippen molar-refractivity contribution >= 4 is 17.5 Å². The van der Waals surface area contributed by atoms with Crippen molar-refractivity contribution in [3.8, 4) is 0 Å². The molecule has 0 aliphatic carbocycles. The molecule has 3 atom stereocenters. The summed E-state index contributed by atoms with van der Waals surface area (Å²) in [7, 11) is 2.08. The third-order valence-electron chi connectivity index (χ3n) is 7.23. The SMILES string of the molecule is CN(CCc1ccccn1)CC1CC(c2ccc(CO)cc2)OC(c2cccc(NC(=O)CCCCC(=O)NO)c2)O1. The fraction of sp³-hybridized carbons (Fsp3) is 0.406. The fourth-order valence-corrected chi connectivity index (χ4v) is 4.94. The van der Waals surface area contributed by atoms with Crippen LogP contribution in [0.2, 0.25) is 0 Å². The number of hydroxylamine groups is 1. The second kappa shape index (κ2) is 16.1. The number of anilines is 1. The number of amides is 2. The highest BCUT2D eigenvalue weighted by atomic mass is 16.7. The molecule has 1 aliphatic heterocycles. The molecule has 4 N–H and O–H groups in total. The monoisotopic (exact) mass is 576 g/mol. The first-order valence-electron chi connectivity index (χ1n) is 14.4. The van der Waals surface area contributed by atoms with Gasteiger partial charge in [-0.25, -0.2) is 5.48 Å². The normalized spacial score (nSPS) is 18.5. The van der Waals surface area contributed by atoms with E-state index in [0.29, 0.717) is 31.5 Å². The highest BCUT2D eigenvalue weighted by molar-refractivity contribution is 5.90. The molecular weight excluding hydrogens is 536 g/mol. The number of ether oxygens (including phenoxy) is 2. The van der Waals surface area contributed by atoms with Crippen LogP contribution in [0, 0.1) is 0 Å². The van der Waals surface area contributed by atoms with E-state index in [9.17, 15) is 14.7 Å². The molecule has 1 saturated heterocycles. The van der Waals surface area contributed by atoms with Gasteiger partial charge in [-0.05, 0) is 55.3 Å². The number of aliphatic hydroxyl groups excluding tert-OH is 1. The third-order valence-corrected chi connectivity index (χ3v) is 7.23. The van der Waals surface area contributed by atoms with Crippen LogP contribution >= 0.6 is 0 Å². The van der Waals surface area contributed by atoms with E-state index in [2.05, 4.69) is 22.2 Å². The molecule has 3 aromatic rings. The number of rotatable bonds is 14.